The average Bonchev–Trinajstić information content (AvgIpc) is 2.76. The van der Waals surface area contributed by atoms with Crippen molar-refractivity contribution in [3.8, 4) is 5.75 Å². The Hall–Kier alpha value is -2.54. The van der Waals surface area contributed by atoms with E-state index in [0.29, 0.717) is 19.1 Å². The second kappa shape index (κ2) is 10.3. The van der Waals surface area contributed by atoms with E-state index < -0.39 is 0 Å². The predicted octanol–water partition coefficient (Wildman–Crippen LogP) is 4.86. The summed E-state index contributed by atoms with van der Waals surface area (Å²) in [4.78, 5) is 4.69. The summed E-state index contributed by atoms with van der Waals surface area (Å²) in [6, 6.07) is 29.1. The third-order valence-corrected chi connectivity index (χ3v) is 5.13. The number of guanidine groups is 1. The summed E-state index contributed by atoms with van der Waals surface area (Å²) in [6.45, 7) is 1.27. The molecule has 1 heterocycles. The van der Waals surface area contributed by atoms with E-state index in [1.54, 1.807) is 0 Å². The molecule has 5 heteroatoms. The Morgan fingerprint density at radius 2 is 1.52 bits per heavy atom. The van der Waals surface area contributed by atoms with Crippen LogP contribution in [0.15, 0.2) is 89.9 Å². The highest BCUT2D eigenvalue weighted by Gasteiger charge is 2.21. The van der Waals surface area contributed by atoms with E-state index in [0.717, 1.165) is 17.7 Å². The Bertz CT molecular complexity index is 892. The molecule has 0 radical (unpaired) electrons. The highest BCUT2D eigenvalue weighted by molar-refractivity contribution is 14.0. The van der Waals surface area contributed by atoms with Crippen molar-refractivity contribution in [1.82, 2.24) is 5.32 Å². The molecule has 1 unspecified atom stereocenters. The number of nitrogens with zero attached hydrogens (tertiary/aromatic N) is 1. The van der Waals surface area contributed by atoms with E-state index in [4.69, 9.17) is 10.5 Å². The zero-order valence-electron chi connectivity index (χ0n) is 16.2. The molecule has 4 rings (SSSR count). The first-order valence-electron chi connectivity index (χ1n) is 9.69. The van der Waals surface area contributed by atoms with Gasteiger partial charge in [-0.05, 0) is 17.2 Å². The maximum Gasteiger partial charge on any atom is 0.189 e. The number of hydrogen-bond donors (Lipinski definition) is 2. The number of hydrogen-bond acceptors (Lipinski definition) is 2. The van der Waals surface area contributed by atoms with Crippen molar-refractivity contribution in [3.05, 3.63) is 102 Å². The fourth-order valence-electron chi connectivity index (χ4n) is 3.68. The van der Waals surface area contributed by atoms with Gasteiger partial charge in [0.1, 0.15) is 5.75 Å². The first-order chi connectivity index (χ1) is 13.8. The first kappa shape index (κ1) is 21.2. The first-order valence-corrected chi connectivity index (χ1v) is 9.69. The number of nitrogens with two attached hydrogens (primary N) is 1. The van der Waals surface area contributed by atoms with Crippen LogP contribution in [-0.4, -0.2) is 19.1 Å². The normalized spacial score (nSPS) is 15.8. The summed E-state index contributed by atoms with van der Waals surface area (Å²) in [5, 5.41) is 3.38. The number of nitrogens with one attached hydrogen (secondary N) is 1. The zero-order chi connectivity index (χ0) is 19.2. The van der Waals surface area contributed by atoms with E-state index in [2.05, 4.69) is 64.9 Å². The van der Waals surface area contributed by atoms with Crippen molar-refractivity contribution in [1.29, 1.82) is 0 Å². The second-order valence-electron chi connectivity index (χ2n) is 6.97. The van der Waals surface area contributed by atoms with Gasteiger partial charge in [0.05, 0.1) is 19.2 Å². The molecule has 0 spiro atoms. The van der Waals surface area contributed by atoms with Gasteiger partial charge in [0, 0.05) is 17.9 Å². The number of halogens is 1. The fourth-order valence-corrected chi connectivity index (χ4v) is 3.68. The zero-order valence-corrected chi connectivity index (χ0v) is 18.5. The monoisotopic (exact) mass is 499 g/mol. The highest BCUT2D eigenvalue weighted by atomic mass is 127. The standard InChI is InChI=1S/C24H25N3O.HI/c25-24(27-22-15-16-28-23-14-8-7-13-20(22)23)26-17-21(18-9-3-1-4-10-18)19-11-5-2-6-12-19;/h1-14,21-22H,15-17H2,(H3,25,26,27);1H. The lowest BCUT2D eigenvalue weighted by Crippen LogP contribution is -2.37. The molecular formula is C24H26IN3O. The third kappa shape index (κ3) is 5.29. The van der Waals surface area contributed by atoms with Crippen molar-refractivity contribution in [2.45, 2.75) is 18.4 Å². The van der Waals surface area contributed by atoms with E-state index in [1.807, 2.05) is 30.3 Å². The van der Waals surface area contributed by atoms with Crippen molar-refractivity contribution >= 4 is 29.9 Å². The van der Waals surface area contributed by atoms with Crippen molar-refractivity contribution in [2.24, 2.45) is 10.7 Å². The number of benzene rings is 3. The smallest absolute Gasteiger partial charge is 0.189 e. The molecular weight excluding hydrogens is 473 g/mol. The van der Waals surface area contributed by atoms with Gasteiger partial charge in [0.25, 0.3) is 0 Å². The quantitative estimate of drug-likeness (QED) is 0.300. The van der Waals surface area contributed by atoms with Gasteiger partial charge in [-0.3, -0.25) is 4.99 Å². The van der Waals surface area contributed by atoms with Crippen LogP contribution in [0.4, 0.5) is 0 Å². The Morgan fingerprint density at radius 1 is 0.931 bits per heavy atom. The number of fused-ring (bicyclic) bond motifs is 1. The molecule has 0 saturated heterocycles. The van der Waals surface area contributed by atoms with Gasteiger partial charge in [0.15, 0.2) is 5.96 Å². The van der Waals surface area contributed by atoms with Crippen LogP contribution in [0.5, 0.6) is 5.75 Å². The van der Waals surface area contributed by atoms with Crippen LogP contribution in [0.2, 0.25) is 0 Å². The number of ether oxygens (including phenoxy) is 1. The van der Waals surface area contributed by atoms with Crippen LogP contribution >= 0.6 is 24.0 Å². The van der Waals surface area contributed by atoms with Crippen LogP contribution < -0.4 is 15.8 Å². The van der Waals surface area contributed by atoms with Gasteiger partial charge in [-0.25, -0.2) is 0 Å². The highest BCUT2D eigenvalue weighted by Crippen LogP contribution is 2.31. The molecule has 0 amide bonds. The molecule has 0 fully saturated rings. The van der Waals surface area contributed by atoms with Crippen LogP contribution in [0.25, 0.3) is 0 Å². The predicted molar refractivity (Wildman–Crippen MR) is 129 cm³/mol. The van der Waals surface area contributed by atoms with Crippen LogP contribution in [-0.2, 0) is 0 Å². The molecule has 150 valence electrons. The average molecular weight is 499 g/mol. The van der Waals surface area contributed by atoms with Gasteiger partial charge in [0.2, 0.25) is 0 Å². The number of rotatable bonds is 5. The topological polar surface area (TPSA) is 59.6 Å². The van der Waals surface area contributed by atoms with E-state index in [-0.39, 0.29) is 35.9 Å². The Morgan fingerprint density at radius 3 is 2.17 bits per heavy atom. The molecule has 4 nitrogen and oxygen atoms in total. The number of aliphatic imine (C=N–C) groups is 1. The maximum absolute atomic E-state index is 6.26. The molecule has 0 aliphatic carbocycles. The lowest BCUT2D eigenvalue weighted by Gasteiger charge is -2.27. The van der Waals surface area contributed by atoms with Gasteiger partial charge >= 0.3 is 0 Å². The van der Waals surface area contributed by atoms with Crippen LogP contribution in [0, 0.1) is 0 Å². The largest absolute Gasteiger partial charge is 0.493 e. The molecule has 0 saturated carbocycles. The Kier molecular flexibility index (Phi) is 7.52. The van der Waals surface area contributed by atoms with E-state index >= 15 is 0 Å². The maximum atomic E-state index is 6.26. The van der Waals surface area contributed by atoms with Crippen molar-refractivity contribution in [3.63, 3.8) is 0 Å². The summed E-state index contributed by atoms with van der Waals surface area (Å²) in [5.74, 6) is 1.56. The van der Waals surface area contributed by atoms with Gasteiger partial charge in [-0.1, -0.05) is 78.9 Å². The lowest BCUT2D eigenvalue weighted by atomic mass is 9.91. The van der Waals surface area contributed by atoms with Gasteiger partial charge in [-0.15, -0.1) is 24.0 Å². The van der Waals surface area contributed by atoms with E-state index in [9.17, 15) is 0 Å². The van der Waals surface area contributed by atoms with Crippen molar-refractivity contribution < 1.29 is 4.74 Å². The Labute approximate surface area is 189 Å². The van der Waals surface area contributed by atoms with Crippen molar-refractivity contribution in [2.75, 3.05) is 13.2 Å². The molecule has 1 aliphatic heterocycles. The van der Waals surface area contributed by atoms with E-state index in [1.165, 1.54) is 11.1 Å². The van der Waals surface area contributed by atoms with Gasteiger partial charge < -0.3 is 15.8 Å². The minimum Gasteiger partial charge on any atom is -0.493 e. The molecule has 3 aromatic rings. The molecule has 1 atom stereocenters. The minimum absolute atomic E-state index is 0. The lowest BCUT2D eigenvalue weighted by molar-refractivity contribution is 0.262. The summed E-state index contributed by atoms with van der Waals surface area (Å²) in [6.07, 6.45) is 0.869. The van der Waals surface area contributed by atoms with Crippen LogP contribution in [0.3, 0.4) is 0 Å². The second-order valence-corrected chi connectivity index (χ2v) is 6.97. The van der Waals surface area contributed by atoms with Crippen LogP contribution in [0.1, 0.15) is 35.1 Å². The molecule has 0 bridgehead atoms. The molecule has 0 aromatic heterocycles. The molecule has 3 aromatic carbocycles. The third-order valence-electron chi connectivity index (χ3n) is 5.13. The molecule has 1 aliphatic rings. The van der Waals surface area contributed by atoms with Gasteiger partial charge in [-0.2, -0.15) is 0 Å². The summed E-state index contributed by atoms with van der Waals surface area (Å²) in [5.41, 5.74) is 9.87. The Balaban J connectivity index is 0.00000240. The SMILES string of the molecule is I.NC(=NCC(c1ccccc1)c1ccccc1)NC1CCOc2ccccc21. The molecule has 3 N–H and O–H groups in total. The summed E-state index contributed by atoms with van der Waals surface area (Å²) < 4.78 is 5.73. The fraction of sp³-hybridized carbons (Fsp3) is 0.208. The summed E-state index contributed by atoms with van der Waals surface area (Å²) in [7, 11) is 0. The minimum atomic E-state index is 0. The summed E-state index contributed by atoms with van der Waals surface area (Å²) >= 11 is 0. The number of para-hydroxylation sites is 1. The molecule has 29 heavy (non-hydrogen) atoms.